The third-order valence-corrected chi connectivity index (χ3v) is 2.66. The lowest BCUT2D eigenvalue weighted by molar-refractivity contribution is -0.118. The minimum atomic E-state index is -1.13. The normalized spacial score (nSPS) is 11.9. The molecular formula is C14H13FN2O3. The average molecular weight is 276 g/mol. The molecule has 0 saturated heterocycles. The molecule has 1 heterocycles. The van der Waals surface area contributed by atoms with Gasteiger partial charge in [-0.25, -0.2) is 9.37 Å². The summed E-state index contributed by atoms with van der Waals surface area (Å²) in [5, 5.41) is 21.7. The SMILES string of the molecule is O=C(C[C@H](O)c1cccc(F)c1)Nc1ncccc1O. The Morgan fingerprint density at radius 3 is 2.85 bits per heavy atom. The van der Waals surface area contributed by atoms with Crippen LogP contribution in [0.15, 0.2) is 42.6 Å². The molecule has 0 bridgehead atoms. The number of aliphatic hydroxyl groups is 1. The van der Waals surface area contributed by atoms with Crippen LogP contribution in [0, 0.1) is 5.82 Å². The van der Waals surface area contributed by atoms with Gasteiger partial charge in [-0.05, 0) is 29.8 Å². The summed E-state index contributed by atoms with van der Waals surface area (Å²) in [6.07, 6.45) is 0.0224. The first kappa shape index (κ1) is 14.0. The Morgan fingerprint density at radius 2 is 2.15 bits per heavy atom. The number of halogens is 1. The maximum Gasteiger partial charge on any atom is 0.228 e. The lowest BCUT2D eigenvalue weighted by Crippen LogP contribution is -2.16. The summed E-state index contributed by atoms with van der Waals surface area (Å²) in [4.78, 5) is 15.5. The van der Waals surface area contributed by atoms with Gasteiger partial charge in [-0.15, -0.1) is 0 Å². The Kier molecular flexibility index (Phi) is 4.27. The van der Waals surface area contributed by atoms with Gasteiger partial charge in [0.1, 0.15) is 5.82 Å². The smallest absolute Gasteiger partial charge is 0.228 e. The largest absolute Gasteiger partial charge is 0.504 e. The van der Waals surface area contributed by atoms with Gasteiger partial charge >= 0.3 is 0 Å². The molecule has 0 fully saturated rings. The lowest BCUT2D eigenvalue weighted by atomic mass is 10.1. The molecular weight excluding hydrogens is 263 g/mol. The molecule has 2 rings (SSSR count). The highest BCUT2D eigenvalue weighted by Gasteiger charge is 2.15. The molecule has 0 spiro atoms. The van der Waals surface area contributed by atoms with E-state index in [0.717, 1.165) is 6.07 Å². The second-order valence-electron chi connectivity index (χ2n) is 4.19. The Balaban J connectivity index is 2.00. The molecule has 5 nitrogen and oxygen atoms in total. The van der Waals surface area contributed by atoms with Crippen molar-refractivity contribution in [2.75, 3.05) is 5.32 Å². The van der Waals surface area contributed by atoms with E-state index in [4.69, 9.17) is 0 Å². The Morgan fingerprint density at radius 1 is 1.35 bits per heavy atom. The summed E-state index contributed by atoms with van der Waals surface area (Å²) in [6, 6.07) is 8.30. The van der Waals surface area contributed by atoms with Crippen LogP contribution in [0.5, 0.6) is 5.75 Å². The highest BCUT2D eigenvalue weighted by atomic mass is 19.1. The number of amides is 1. The monoisotopic (exact) mass is 276 g/mol. The molecule has 1 aromatic heterocycles. The zero-order valence-corrected chi connectivity index (χ0v) is 10.5. The van der Waals surface area contributed by atoms with Crippen molar-refractivity contribution in [3.8, 4) is 5.75 Å². The highest BCUT2D eigenvalue weighted by molar-refractivity contribution is 5.91. The van der Waals surface area contributed by atoms with Crippen LogP contribution >= 0.6 is 0 Å². The zero-order chi connectivity index (χ0) is 14.5. The van der Waals surface area contributed by atoms with E-state index in [1.54, 1.807) is 0 Å². The van der Waals surface area contributed by atoms with Crippen molar-refractivity contribution in [2.24, 2.45) is 0 Å². The molecule has 1 aromatic carbocycles. The molecule has 2 aromatic rings. The van der Waals surface area contributed by atoms with Crippen LogP contribution in [0.3, 0.4) is 0 Å². The first-order valence-corrected chi connectivity index (χ1v) is 5.93. The predicted molar refractivity (Wildman–Crippen MR) is 70.5 cm³/mol. The fourth-order valence-corrected chi connectivity index (χ4v) is 1.68. The number of hydrogen-bond donors (Lipinski definition) is 3. The third kappa shape index (κ3) is 3.52. The van der Waals surface area contributed by atoms with E-state index in [0.29, 0.717) is 5.56 Å². The highest BCUT2D eigenvalue weighted by Crippen LogP contribution is 2.21. The fourth-order valence-electron chi connectivity index (χ4n) is 1.68. The van der Waals surface area contributed by atoms with Crippen molar-refractivity contribution >= 4 is 11.7 Å². The first-order chi connectivity index (χ1) is 9.56. The third-order valence-electron chi connectivity index (χ3n) is 2.66. The van der Waals surface area contributed by atoms with Crippen molar-refractivity contribution < 1.29 is 19.4 Å². The number of nitrogens with one attached hydrogen (secondary N) is 1. The quantitative estimate of drug-likeness (QED) is 0.797. The van der Waals surface area contributed by atoms with Crippen molar-refractivity contribution in [3.05, 3.63) is 54.0 Å². The van der Waals surface area contributed by atoms with Crippen molar-refractivity contribution in [1.82, 2.24) is 4.98 Å². The number of carbonyl (C=O) groups excluding carboxylic acids is 1. The number of carbonyl (C=O) groups is 1. The van der Waals surface area contributed by atoms with Crippen LogP contribution in [-0.2, 0) is 4.79 Å². The van der Waals surface area contributed by atoms with Gasteiger partial charge in [0, 0.05) is 6.20 Å². The van der Waals surface area contributed by atoms with E-state index in [2.05, 4.69) is 10.3 Å². The summed E-state index contributed by atoms with van der Waals surface area (Å²) in [7, 11) is 0. The van der Waals surface area contributed by atoms with Crippen molar-refractivity contribution in [3.63, 3.8) is 0 Å². The summed E-state index contributed by atoms with van der Waals surface area (Å²) in [5.74, 6) is -1.16. The molecule has 0 aliphatic rings. The zero-order valence-electron chi connectivity index (χ0n) is 10.5. The molecule has 3 N–H and O–H groups in total. The van der Waals surface area contributed by atoms with Crippen LogP contribution in [0.25, 0.3) is 0 Å². The number of nitrogens with zero attached hydrogens (tertiary/aromatic N) is 1. The summed E-state index contributed by atoms with van der Waals surface area (Å²) in [6.45, 7) is 0. The molecule has 0 aliphatic carbocycles. The first-order valence-electron chi connectivity index (χ1n) is 5.93. The Hall–Kier alpha value is -2.47. The number of benzene rings is 1. The number of aromatic hydroxyl groups is 1. The molecule has 0 aliphatic heterocycles. The van der Waals surface area contributed by atoms with E-state index in [9.17, 15) is 19.4 Å². The number of anilines is 1. The van der Waals surface area contributed by atoms with E-state index in [-0.39, 0.29) is 18.0 Å². The lowest BCUT2D eigenvalue weighted by Gasteiger charge is -2.11. The van der Waals surface area contributed by atoms with Gasteiger partial charge in [-0.2, -0.15) is 0 Å². The minimum Gasteiger partial charge on any atom is -0.504 e. The van der Waals surface area contributed by atoms with Gasteiger partial charge in [0.05, 0.1) is 12.5 Å². The average Bonchev–Trinajstić information content (AvgIpc) is 2.41. The number of hydrogen-bond acceptors (Lipinski definition) is 4. The molecule has 1 amide bonds. The molecule has 6 heteroatoms. The molecule has 1 atom stereocenters. The second-order valence-corrected chi connectivity index (χ2v) is 4.19. The number of aromatic nitrogens is 1. The summed E-state index contributed by atoms with van der Waals surface area (Å²) >= 11 is 0. The number of aliphatic hydroxyl groups excluding tert-OH is 1. The van der Waals surface area contributed by atoms with Crippen molar-refractivity contribution in [1.29, 1.82) is 0 Å². The van der Waals surface area contributed by atoms with E-state index < -0.39 is 17.8 Å². The van der Waals surface area contributed by atoms with Gasteiger partial charge in [0.25, 0.3) is 0 Å². The number of rotatable bonds is 4. The summed E-state index contributed by atoms with van der Waals surface area (Å²) < 4.78 is 13.0. The van der Waals surface area contributed by atoms with E-state index in [1.807, 2.05) is 0 Å². The summed E-state index contributed by atoms with van der Waals surface area (Å²) in [5.41, 5.74) is 0.311. The van der Waals surface area contributed by atoms with Gasteiger partial charge in [0.2, 0.25) is 5.91 Å². The van der Waals surface area contributed by atoms with Crippen LogP contribution in [0.1, 0.15) is 18.1 Å². The molecule has 104 valence electrons. The van der Waals surface area contributed by atoms with Crippen LogP contribution in [0.2, 0.25) is 0 Å². The van der Waals surface area contributed by atoms with Crippen molar-refractivity contribution in [2.45, 2.75) is 12.5 Å². The van der Waals surface area contributed by atoms with Gasteiger partial charge < -0.3 is 15.5 Å². The second kappa shape index (κ2) is 6.12. The molecule has 0 unspecified atom stereocenters. The standard InChI is InChI=1S/C14H13FN2O3/c15-10-4-1-3-9(7-10)12(19)8-13(20)17-14-11(18)5-2-6-16-14/h1-7,12,18-19H,8H2,(H,16,17,20)/t12-/m0/s1. The number of pyridine rings is 1. The predicted octanol–water partition coefficient (Wildman–Crippen LogP) is 1.99. The van der Waals surface area contributed by atoms with Crippen LogP contribution < -0.4 is 5.32 Å². The maximum atomic E-state index is 13.0. The van der Waals surface area contributed by atoms with Gasteiger partial charge in [-0.3, -0.25) is 4.79 Å². The topological polar surface area (TPSA) is 82.5 Å². The minimum absolute atomic E-state index is 0.0175. The van der Waals surface area contributed by atoms with Crippen LogP contribution in [-0.4, -0.2) is 21.1 Å². The molecule has 0 radical (unpaired) electrons. The van der Waals surface area contributed by atoms with E-state index >= 15 is 0 Å². The molecule has 0 saturated carbocycles. The Labute approximate surface area is 114 Å². The van der Waals surface area contributed by atoms with Gasteiger partial charge in [-0.1, -0.05) is 12.1 Å². The fraction of sp³-hybridized carbons (Fsp3) is 0.143. The maximum absolute atomic E-state index is 13.0. The molecule has 20 heavy (non-hydrogen) atoms. The Bertz CT molecular complexity index is 619. The van der Waals surface area contributed by atoms with E-state index in [1.165, 1.54) is 36.5 Å². The van der Waals surface area contributed by atoms with Gasteiger partial charge in [0.15, 0.2) is 11.6 Å². The van der Waals surface area contributed by atoms with Crippen LogP contribution in [0.4, 0.5) is 10.2 Å².